The third-order valence-corrected chi connectivity index (χ3v) is 5.44. The van der Waals surface area contributed by atoms with E-state index in [2.05, 4.69) is 46.8 Å². The van der Waals surface area contributed by atoms with E-state index >= 15 is 0 Å². The van der Waals surface area contributed by atoms with Gasteiger partial charge in [-0.1, -0.05) is 55.2 Å². The van der Waals surface area contributed by atoms with Crippen molar-refractivity contribution < 1.29 is 5.11 Å². The quantitative estimate of drug-likeness (QED) is 0.626. The number of rotatable bonds is 1. The van der Waals surface area contributed by atoms with Crippen LogP contribution in [-0.2, 0) is 0 Å². The summed E-state index contributed by atoms with van der Waals surface area (Å²) in [5.74, 6) is 0.673. The van der Waals surface area contributed by atoms with E-state index < -0.39 is 0 Å². The largest absolute Gasteiger partial charge is 0.389 e. The van der Waals surface area contributed by atoms with E-state index in [9.17, 15) is 5.11 Å². The van der Waals surface area contributed by atoms with E-state index in [0.717, 1.165) is 19.3 Å². The maximum Gasteiger partial charge on any atom is 0.0760 e. The molecular formula is C20H32O. The van der Waals surface area contributed by atoms with Gasteiger partial charge >= 0.3 is 0 Å². The lowest BCUT2D eigenvalue weighted by Gasteiger charge is -2.28. The second-order valence-electron chi connectivity index (χ2n) is 7.76. The van der Waals surface area contributed by atoms with Gasteiger partial charge in [-0.25, -0.2) is 0 Å². The van der Waals surface area contributed by atoms with Gasteiger partial charge in [-0.2, -0.15) is 0 Å². The molecule has 2 atom stereocenters. The van der Waals surface area contributed by atoms with E-state index in [1.165, 1.54) is 30.4 Å². The van der Waals surface area contributed by atoms with Crippen molar-refractivity contribution in [2.24, 2.45) is 11.3 Å². The molecule has 0 amide bonds. The molecule has 0 aliphatic heterocycles. The zero-order chi connectivity index (χ0) is 15.6. The van der Waals surface area contributed by atoms with Crippen molar-refractivity contribution in [3.8, 4) is 0 Å². The van der Waals surface area contributed by atoms with Crippen molar-refractivity contribution in [3.63, 3.8) is 0 Å². The molecule has 0 saturated heterocycles. The van der Waals surface area contributed by atoms with Crippen LogP contribution in [0.25, 0.3) is 0 Å². The van der Waals surface area contributed by atoms with Crippen LogP contribution >= 0.6 is 0 Å². The lowest BCUT2D eigenvalue weighted by Crippen LogP contribution is -2.15. The summed E-state index contributed by atoms with van der Waals surface area (Å²) in [7, 11) is 0. The first-order valence-electron chi connectivity index (χ1n) is 8.55. The lowest BCUT2D eigenvalue weighted by molar-refractivity contribution is 0.222. The minimum absolute atomic E-state index is 0.314. The minimum Gasteiger partial charge on any atom is -0.389 e. The van der Waals surface area contributed by atoms with Gasteiger partial charge in [-0.05, 0) is 63.7 Å². The van der Waals surface area contributed by atoms with Crippen LogP contribution in [0.2, 0.25) is 0 Å². The van der Waals surface area contributed by atoms with Gasteiger partial charge in [0, 0.05) is 0 Å². The fraction of sp³-hybridized carbons (Fsp3) is 0.700. The first-order valence-corrected chi connectivity index (χ1v) is 8.55. The number of aliphatic hydroxyl groups is 1. The number of hydrogen-bond acceptors (Lipinski definition) is 1. The van der Waals surface area contributed by atoms with E-state index in [1.54, 1.807) is 11.1 Å². The highest BCUT2D eigenvalue weighted by atomic mass is 16.3. The Bertz CT molecular complexity index is 478. The molecule has 2 aliphatic rings. The molecule has 0 aromatic carbocycles. The highest BCUT2D eigenvalue weighted by Gasteiger charge is 2.36. The molecule has 21 heavy (non-hydrogen) atoms. The molecule has 0 aromatic rings. The minimum atomic E-state index is -0.314. The molecule has 0 fully saturated rings. The highest BCUT2D eigenvalue weighted by Crippen LogP contribution is 2.50. The molecule has 2 rings (SSSR count). The first kappa shape index (κ1) is 16.5. The van der Waals surface area contributed by atoms with Crippen LogP contribution in [0, 0.1) is 11.3 Å². The van der Waals surface area contributed by atoms with Gasteiger partial charge in [0.05, 0.1) is 6.10 Å². The van der Waals surface area contributed by atoms with Crippen LogP contribution in [0.1, 0.15) is 73.1 Å². The van der Waals surface area contributed by atoms with Gasteiger partial charge in [0.25, 0.3) is 0 Å². The second-order valence-corrected chi connectivity index (χ2v) is 7.76. The van der Waals surface area contributed by atoms with Crippen molar-refractivity contribution in [1.82, 2.24) is 0 Å². The van der Waals surface area contributed by atoms with Crippen molar-refractivity contribution in [2.45, 2.75) is 79.2 Å². The molecule has 1 heteroatoms. The predicted octanol–water partition coefficient (Wildman–Crippen LogP) is 5.57. The molecule has 0 heterocycles. The maximum atomic E-state index is 10.1. The van der Waals surface area contributed by atoms with Crippen LogP contribution in [0.5, 0.6) is 0 Å². The SMILES string of the molecule is CC1=C[C@H](O)CC(C)=CC[C@]2(C)CCC(C(C)C)=C2CC1. The summed E-state index contributed by atoms with van der Waals surface area (Å²) >= 11 is 0. The number of allylic oxidation sites excluding steroid dienone is 4. The Morgan fingerprint density at radius 1 is 1.14 bits per heavy atom. The Morgan fingerprint density at radius 2 is 1.86 bits per heavy atom. The Balaban J connectivity index is 2.37. The number of fused-ring (bicyclic) bond motifs is 1. The summed E-state index contributed by atoms with van der Waals surface area (Å²) in [6, 6.07) is 0. The average molecular weight is 288 g/mol. The summed E-state index contributed by atoms with van der Waals surface area (Å²) in [5, 5.41) is 10.1. The fourth-order valence-corrected chi connectivity index (χ4v) is 4.03. The van der Waals surface area contributed by atoms with Gasteiger partial charge in [0.2, 0.25) is 0 Å². The van der Waals surface area contributed by atoms with Crippen LogP contribution in [0.4, 0.5) is 0 Å². The zero-order valence-electron chi connectivity index (χ0n) is 14.5. The molecule has 1 nitrogen and oxygen atoms in total. The second kappa shape index (κ2) is 6.52. The molecule has 0 saturated carbocycles. The summed E-state index contributed by atoms with van der Waals surface area (Å²) < 4.78 is 0. The van der Waals surface area contributed by atoms with Gasteiger partial charge in [0.15, 0.2) is 0 Å². The number of hydrogen-bond donors (Lipinski definition) is 1. The summed E-state index contributed by atoms with van der Waals surface area (Å²) in [6.07, 6.45) is 10.9. The molecule has 0 spiro atoms. The van der Waals surface area contributed by atoms with Gasteiger partial charge in [-0.15, -0.1) is 0 Å². The average Bonchev–Trinajstić information content (AvgIpc) is 2.70. The standard InChI is InChI=1S/C20H32O/c1-14(2)18-9-11-20(5)10-8-16(4)13-17(21)12-15(3)6-7-19(18)20/h8,12,14,17,21H,6-7,9-11,13H2,1-5H3/t17-,20+/m0/s1. The van der Waals surface area contributed by atoms with Gasteiger partial charge < -0.3 is 5.11 Å². The molecular weight excluding hydrogens is 256 g/mol. The van der Waals surface area contributed by atoms with Crippen molar-refractivity contribution in [1.29, 1.82) is 0 Å². The third-order valence-electron chi connectivity index (χ3n) is 5.44. The van der Waals surface area contributed by atoms with Crippen molar-refractivity contribution in [2.75, 3.05) is 0 Å². The van der Waals surface area contributed by atoms with E-state index in [4.69, 9.17) is 0 Å². The molecule has 0 radical (unpaired) electrons. The van der Waals surface area contributed by atoms with Crippen molar-refractivity contribution in [3.05, 3.63) is 34.4 Å². The van der Waals surface area contributed by atoms with Crippen LogP contribution in [0.15, 0.2) is 34.4 Å². The third kappa shape index (κ3) is 3.88. The van der Waals surface area contributed by atoms with Crippen LogP contribution in [0.3, 0.4) is 0 Å². The van der Waals surface area contributed by atoms with E-state index in [1.807, 2.05) is 0 Å². The Labute approximate surface area is 130 Å². The normalized spacial score (nSPS) is 31.7. The lowest BCUT2D eigenvalue weighted by atomic mass is 9.76. The van der Waals surface area contributed by atoms with Crippen LogP contribution < -0.4 is 0 Å². The number of aliphatic hydroxyl groups excluding tert-OH is 1. The monoisotopic (exact) mass is 288 g/mol. The first-order chi connectivity index (χ1) is 9.82. The molecule has 0 aromatic heterocycles. The molecule has 1 N–H and O–H groups in total. The smallest absolute Gasteiger partial charge is 0.0760 e. The van der Waals surface area contributed by atoms with Gasteiger partial charge in [0.1, 0.15) is 0 Å². The molecule has 2 aliphatic carbocycles. The molecule has 118 valence electrons. The summed E-state index contributed by atoms with van der Waals surface area (Å²) in [6.45, 7) is 11.5. The molecule has 0 bridgehead atoms. The fourth-order valence-electron chi connectivity index (χ4n) is 4.03. The Kier molecular flexibility index (Phi) is 5.14. The van der Waals surface area contributed by atoms with Crippen molar-refractivity contribution >= 4 is 0 Å². The maximum absolute atomic E-state index is 10.1. The van der Waals surface area contributed by atoms with Gasteiger partial charge in [-0.3, -0.25) is 0 Å². The molecule has 0 unspecified atom stereocenters. The Hall–Kier alpha value is -0.820. The van der Waals surface area contributed by atoms with E-state index in [-0.39, 0.29) is 6.10 Å². The highest BCUT2D eigenvalue weighted by molar-refractivity contribution is 5.31. The topological polar surface area (TPSA) is 20.2 Å². The Morgan fingerprint density at radius 3 is 2.52 bits per heavy atom. The van der Waals surface area contributed by atoms with E-state index in [0.29, 0.717) is 11.3 Å². The summed E-state index contributed by atoms with van der Waals surface area (Å²) in [4.78, 5) is 0. The summed E-state index contributed by atoms with van der Waals surface area (Å²) in [5.41, 5.74) is 6.42. The van der Waals surface area contributed by atoms with Crippen LogP contribution in [-0.4, -0.2) is 11.2 Å². The zero-order valence-corrected chi connectivity index (χ0v) is 14.5. The predicted molar refractivity (Wildman–Crippen MR) is 91.2 cm³/mol.